The van der Waals surface area contributed by atoms with E-state index >= 15 is 0 Å². The lowest BCUT2D eigenvalue weighted by Gasteiger charge is -2.67. The van der Waals surface area contributed by atoms with Gasteiger partial charge in [0.05, 0.1) is 5.60 Å². The summed E-state index contributed by atoms with van der Waals surface area (Å²) in [5.41, 5.74) is 0.438. The molecule has 0 amide bonds. The topological polar surface area (TPSA) is 74.6 Å². The van der Waals surface area contributed by atoms with Crippen LogP contribution in [0.3, 0.4) is 0 Å². The number of ketones is 1. The van der Waals surface area contributed by atoms with Gasteiger partial charge in [0.2, 0.25) is 0 Å². The number of fused-ring (bicyclic) bond motifs is 5. The van der Waals surface area contributed by atoms with E-state index in [1.165, 1.54) is 5.57 Å². The van der Waals surface area contributed by atoms with Crippen LogP contribution in [0, 0.1) is 39.4 Å². The Bertz CT molecular complexity index is 986. The Morgan fingerprint density at radius 3 is 2.44 bits per heavy atom. The molecule has 4 aliphatic rings. The Kier molecular flexibility index (Phi) is 5.91. The molecular formula is C30H44O4. The van der Waals surface area contributed by atoms with Crippen molar-refractivity contribution in [3.8, 4) is 0 Å². The summed E-state index contributed by atoms with van der Waals surface area (Å²) >= 11 is 0. The molecule has 4 aliphatic carbocycles. The van der Waals surface area contributed by atoms with Crippen LogP contribution < -0.4 is 0 Å². The molecule has 0 bridgehead atoms. The highest BCUT2D eigenvalue weighted by molar-refractivity contribution is 5.86. The van der Waals surface area contributed by atoms with Crippen molar-refractivity contribution in [3.05, 3.63) is 35.5 Å². The van der Waals surface area contributed by atoms with Gasteiger partial charge in [-0.05, 0) is 68.1 Å². The first-order chi connectivity index (χ1) is 15.6. The highest BCUT2D eigenvalue weighted by atomic mass is 16.4. The predicted molar refractivity (Wildman–Crippen MR) is 135 cm³/mol. The number of Topliss-reactive ketones (excluding diaryl/α,β-unsaturated/α-hetero) is 1. The zero-order valence-corrected chi connectivity index (χ0v) is 22.2. The Morgan fingerprint density at radius 1 is 1.12 bits per heavy atom. The molecule has 0 unspecified atom stereocenters. The quantitative estimate of drug-likeness (QED) is 0.281. The molecule has 4 heteroatoms. The average Bonchev–Trinajstić information content (AvgIpc) is 3.04. The number of carbonyl (C=O) groups is 2. The summed E-state index contributed by atoms with van der Waals surface area (Å²) in [7, 11) is 0. The van der Waals surface area contributed by atoms with Crippen LogP contribution in [0.25, 0.3) is 0 Å². The Balaban J connectivity index is 1.64. The monoisotopic (exact) mass is 468 g/mol. The van der Waals surface area contributed by atoms with Gasteiger partial charge in [-0.15, -0.1) is 0 Å². The van der Waals surface area contributed by atoms with E-state index in [2.05, 4.69) is 53.7 Å². The van der Waals surface area contributed by atoms with Crippen LogP contribution in [0.1, 0.15) is 93.4 Å². The Morgan fingerprint density at radius 2 is 1.79 bits per heavy atom. The van der Waals surface area contributed by atoms with Crippen molar-refractivity contribution in [3.63, 3.8) is 0 Å². The normalized spacial score (nSPS) is 44.8. The van der Waals surface area contributed by atoms with E-state index in [4.69, 9.17) is 5.11 Å². The lowest BCUT2D eigenvalue weighted by atomic mass is 9.39. The van der Waals surface area contributed by atoms with E-state index in [0.717, 1.165) is 38.5 Å². The number of aliphatic carboxylic acids is 1. The van der Waals surface area contributed by atoms with Crippen LogP contribution in [0.15, 0.2) is 35.5 Å². The van der Waals surface area contributed by atoms with Crippen molar-refractivity contribution < 1.29 is 19.8 Å². The lowest BCUT2D eigenvalue weighted by Crippen LogP contribution is -2.67. The third-order valence-corrected chi connectivity index (χ3v) is 11.7. The minimum atomic E-state index is -0.886. The van der Waals surface area contributed by atoms with Crippen molar-refractivity contribution >= 4 is 11.8 Å². The molecule has 3 saturated carbocycles. The molecule has 188 valence electrons. The zero-order chi connectivity index (χ0) is 25.3. The molecule has 0 heterocycles. The van der Waals surface area contributed by atoms with Gasteiger partial charge >= 0.3 is 5.97 Å². The van der Waals surface area contributed by atoms with Crippen molar-refractivity contribution in [2.24, 2.45) is 39.4 Å². The number of aliphatic hydroxyl groups is 1. The van der Waals surface area contributed by atoms with Gasteiger partial charge in [-0.1, -0.05) is 71.4 Å². The number of hydrogen-bond donors (Lipinski definition) is 2. The number of allylic oxidation sites excluding steroid dienone is 4. The van der Waals surface area contributed by atoms with Crippen molar-refractivity contribution in [2.75, 3.05) is 0 Å². The summed E-state index contributed by atoms with van der Waals surface area (Å²) in [5.74, 6) is 0.130. The minimum Gasteiger partial charge on any atom is -0.478 e. The highest BCUT2D eigenvalue weighted by Gasteiger charge is 2.69. The van der Waals surface area contributed by atoms with E-state index in [1.807, 2.05) is 6.08 Å². The van der Waals surface area contributed by atoms with E-state index in [9.17, 15) is 14.7 Å². The molecule has 0 aromatic carbocycles. The van der Waals surface area contributed by atoms with Crippen molar-refractivity contribution in [2.45, 2.75) is 99.0 Å². The molecule has 4 nitrogen and oxygen atoms in total. The molecule has 7 atom stereocenters. The number of rotatable bonds is 4. The maximum atomic E-state index is 12.8. The molecule has 0 aromatic heterocycles. The first kappa shape index (κ1) is 25.4. The minimum absolute atomic E-state index is 0.00239. The molecule has 0 aliphatic heterocycles. The summed E-state index contributed by atoms with van der Waals surface area (Å²) in [5, 5.41) is 21.6. The molecular weight excluding hydrogens is 424 g/mol. The van der Waals surface area contributed by atoms with E-state index in [-0.39, 0.29) is 39.4 Å². The van der Waals surface area contributed by atoms with Gasteiger partial charge in [0.1, 0.15) is 5.78 Å². The molecule has 3 fully saturated rings. The van der Waals surface area contributed by atoms with Crippen LogP contribution in [-0.4, -0.2) is 27.6 Å². The van der Waals surface area contributed by atoms with Gasteiger partial charge in [-0.2, -0.15) is 0 Å². The number of hydrogen-bond acceptors (Lipinski definition) is 3. The standard InChI is InChI=1S/C30H44O4/c1-19(25(32)33)9-8-10-20(2)27(5)15-13-21-22-11-12-23-26(3,4)24(31)14-16-29(23,7)30(22,34)18-17-28(21,27)6/h8-10,13,20,22-23,34H,11-12,14-18H2,1-7H3,(H,32,33)/b10-8-,19-9+/t20-,22+,23+,27+,28-,29+,30-/m1/s1. The number of carboxylic acid groups (broad SMARTS) is 1. The fourth-order valence-corrected chi connectivity index (χ4v) is 8.74. The lowest BCUT2D eigenvalue weighted by molar-refractivity contribution is -0.222. The molecule has 2 N–H and O–H groups in total. The number of carbonyl (C=O) groups excluding carboxylic acids is 1. The molecule has 0 aromatic rings. The van der Waals surface area contributed by atoms with Gasteiger partial charge < -0.3 is 10.2 Å². The van der Waals surface area contributed by atoms with Gasteiger partial charge in [0.15, 0.2) is 0 Å². The van der Waals surface area contributed by atoms with Crippen molar-refractivity contribution in [1.82, 2.24) is 0 Å². The van der Waals surface area contributed by atoms with Gasteiger partial charge in [0.25, 0.3) is 0 Å². The summed E-state index contributed by atoms with van der Waals surface area (Å²) in [6.07, 6.45) is 14.2. The SMILES string of the molecule is C/C(=C\C=C/[C@@H](C)[C@]1(C)CC=C2[C@@H]3CC[C@H]4C(C)(C)C(=O)CC[C@]4(C)[C@@]3(O)CC[C@]21C)C(=O)O. The maximum Gasteiger partial charge on any atom is 0.331 e. The molecule has 34 heavy (non-hydrogen) atoms. The Hall–Kier alpha value is -1.68. The molecule has 0 spiro atoms. The second-order valence-electron chi connectivity index (χ2n) is 13.1. The average molecular weight is 469 g/mol. The Labute approximate surface area is 205 Å². The van der Waals surface area contributed by atoms with Gasteiger partial charge in [-0.25, -0.2) is 4.79 Å². The smallest absolute Gasteiger partial charge is 0.331 e. The first-order valence-corrected chi connectivity index (χ1v) is 13.2. The molecule has 4 rings (SSSR count). The second kappa shape index (κ2) is 7.91. The fraction of sp³-hybridized carbons (Fsp3) is 0.733. The third kappa shape index (κ3) is 3.20. The largest absolute Gasteiger partial charge is 0.478 e. The van der Waals surface area contributed by atoms with E-state index < -0.39 is 11.6 Å². The van der Waals surface area contributed by atoms with Crippen LogP contribution in [0.4, 0.5) is 0 Å². The fourth-order valence-electron chi connectivity index (χ4n) is 8.74. The van der Waals surface area contributed by atoms with E-state index in [0.29, 0.717) is 17.8 Å². The molecule has 0 radical (unpaired) electrons. The summed E-state index contributed by atoms with van der Waals surface area (Å²) in [6, 6.07) is 0. The highest BCUT2D eigenvalue weighted by Crippen LogP contribution is 2.72. The van der Waals surface area contributed by atoms with Crippen LogP contribution in [-0.2, 0) is 9.59 Å². The third-order valence-electron chi connectivity index (χ3n) is 11.7. The van der Waals surface area contributed by atoms with Crippen LogP contribution in [0.5, 0.6) is 0 Å². The summed E-state index contributed by atoms with van der Waals surface area (Å²) in [4.78, 5) is 23.9. The number of carboxylic acids is 1. The zero-order valence-electron chi connectivity index (χ0n) is 22.2. The van der Waals surface area contributed by atoms with Gasteiger partial charge in [-0.3, -0.25) is 4.79 Å². The first-order valence-electron chi connectivity index (χ1n) is 13.2. The second-order valence-corrected chi connectivity index (χ2v) is 13.1. The predicted octanol–water partition coefficient (Wildman–Crippen LogP) is 6.50. The van der Waals surface area contributed by atoms with Gasteiger partial charge in [0, 0.05) is 28.7 Å². The van der Waals surface area contributed by atoms with Crippen molar-refractivity contribution in [1.29, 1.82) is 0 Å². The van der Waals surface area contributed by atoms with Crippen LogP contribution in [0.2, 0.25) is 0 Å². The molecule has 0 saturated heterocycles. The summed E-state index contributed by atoms with van der Waals surface area (Å²) < 4.78 is 0. The van der Waals surface area contributed by atoms with E-state index in [1.54, 1.807) is 13.0 Å². The maximum absolute atomic E-state index is 12.8. The van der Waals surface area contributed by atoms with Crippen LogP contribution >= 0.6 is 0 Å². The summed E-state index contributed by atoms with van der Waals surface area (Å²) in [6.45, 7) is 15.1.